The van der Waals surface area contributed by atoms with Crippen LogP contribution in [0.4, 0.5) is 10.5 Å². The molecule has 1 unspecified atom stereocenters. The van der Waals surface area contributed by atoms with Crippen molar-refractivity contribution in [1.29, 1.82) is 0 Å². The predicted octanol–water partition coefficient (Wildman–Crippen LogP) is 9.48. The average molecular weight is 905 g/mol. The number of benzene rings is 2. The largest absolute Gasteiger partial charge is 0.480 e. The summed E-state index contributed by atoms with van der Waals surface area (Å²) in [5.41, 5.74) is 5.75. The number of methoxy groups -OCH3 is 1. The summed E-state index contributed by atoms with van der Waals surface area (Å²) in [6.07, 6.45) is 2.89. The van der Waals surface area contributed by atoms with Crippen molar-refractivity contribution < 1.29 is 28.3 Å². The minimum atomic E-state index is -1.85. The number of nitrogens with one attached hydrogen (secondary N) is 2. The third-order valence-corrected chi connectivity index (χ3v) is 17.1. The van der Waals surface area contributed by atoms with Gasteiger partial charge in [-0.2, -0.15) is 0 Å². The topological polar surface area (TPSA) is 148 Å². The van der Waals surface area contributed by atoms with Gasteiger partial charge in [0.25, 0.3) is 5.91 Å². The van der Waals surface area contributed by atoms with Gasteiger partial charge in [-0.3, -0.25) is 19.5 Å². The van der Waals surface area contributed by atoms with Crippen molar-refractivity contribution in [3.05, 3.63) is 86.9 Å². The zero-order valence-electron chi connectivity index (χ0n) is 37.5. The van der Waals surface area contributed by atoms with Gasteiger partial charge in [0.05, 0.1) is 47.0 Å². The van der Waals surface area contributed by atoms with Crippen LogP contribution in [0.25, 0.3) is 22.4 Å². The van der Waals surface area contributed by atoms with Crippen LogP contribution in [-0.4, -0.2) is 96.0 Å². The molecule has 4 aromatic rings. The van der Waals surface area contributed by atoms with Gasteiger partial charge in [-0.05, 0) is 81.9 Å². The fourth-order valence-corrected chi connectivity index (χ4v) is 8.94. The first-order chi connectivity index (χ1) is 29.1. The van der Waals surface area contributed by atoms with Gasteiger partial charge in [0.2, 0.25) is 11.8 Å². The summed E-state index contributed by atoms with van der Waals surface area (Å²) < 4.78 is 17.8. The molecule has 3 amide bonds. The van der Waals surface area contributed by atoms with Crippen LogP contribution in [0, 0.1) is 6.92 Å². The van der Waals surface area contributed by atoms with Crippen molar-refractivity contribution in [2.75, 3.05) is 38.7 Å². The summed E-state index contributed by atoms with van der Waals surface area (Å²) in [5, 5.41) is 6.72. The summed E-state index contributed by atoms with van der Waals surface area (Å²) in [4.78, 5) is 57.2. The number of amides is 3. The quantitative estimate of drug-likeness (QED) is 0.124. The van der Waals surface area contributed by atoms with E-state index in [4.69, 9.17) is 47.1 Å². The van der Waals surface area contributed by atoms with E-state index in [2.05, 4.69) is 54.4 Å². The van der Waals surface area contributed by atoms with Crippen LogP contribution in [0.5, 0.6) is 5.88 Å². The lowest BCUT2D eigenvalue weighted by Gasteiger charge is -2.37. The molecule has 332 valence electrons. The number of ether oxygens (including phenoxy) is 2. The normalized spacial score (nSPS) is 15.8. The molecule has 4 heterocycles. The van der Waals surface area contributed by atoms with Crippen LogP contribution >= 0.6 is 23.2 Å². The summed E-state index contributed by atoms with van der Waals surface area (Å²) in [7, 11) is -0.374. The number of hydrogen-bond acceptors (Lipinski definition) is 10. The number of aryl methyl sites for hydroxylation is 1. The number of fused-ring (bicyclic) bond motifs is 1. The molecular formula is C46H59Cl2N7O6Si. The maximum Gasteiger partial charge on any atom is 0.410 e. The van der Waals surface area contributed by atoms with Crippen LogP contribution in [0.1, 0.15) is 87.4 Å². The van der Waals surface area contributed by atoms with Gasteiger partial charge in [-0.25, -0.2) is 14.8 Å². The zero-order chi connectivity index (χ0) is 45.1. The molecule has 6 rings (SSSR count). The van der Waals surface area contributed by atoms with Crippen molar-refractivity contribution in [2.24, 2.45) is 0 Å². The van der Waals surface area contributed by atoms with E-state index in [1.807, 2.05) is 37.3 Å². The van der Waals surface area contributed by atoms with Gasteiger partial charge in [-0.1, -0.05) is 74.3 Å². The number of anilines is 1. The number of nitrogens with zero attached hydrogens (tertiary/aromatic N) is 5. The van der Waals surface area contributed by atoms with Gasteiger partial charge >= 0.3 is 6.09 Å². The molecule has 2 aromatic carbocycles. The third-order valence-electron chi connectivity index (χ3n) is 11.7. The van der Waals surface area contributed by atoms with E-state index in [9.17, 15) is 14.4 Å². The van der Waals surface area contributed by atoms with Gasteiger partial charge < -0.3 is 29.4 Å². The molecule has 0 saturated carbocycles. The summed E-state index contributed by atoms with van der Waals surface area (Å²) in [6, 6.07) is 12.5. The van der Waals surface area contributed by atoms with E-state index in [0.29, 0.717) is 75.5 Å². The summed E-state index contributed by atoms with van der Waals surface area (Å²) in [5.74, 6) is -0.222. The molecule has 0 spiro atoms. The van der Waals surface area contributed by atoms with Crippen LogP contribution in [0.2, 0.25) is 28.2 Å². The second-order valence-electron chi connectivity index (χ2n) is 18.5. The Balaban J connectivity index is 1.19. The van der Waals surface area contributed by atoms with Crippen molar-refractivity contribution in [2.45, 2.75) is 111 Å². The monoisotopic (exact) mass is 903 g/mol. The second kappa shape index (κ2) is 19.0. The highest BCUT2D eigenvalue weighted by Gasteiger charge is 2.37. The second-order valence-corrected chi connectivity index (χ2v) is 24.1. The summed E-state index contributed by atoms with van der Waals surface area (Å²) in [6.45, 7) is 22.0. The van der Waals surface area contributed by atoms with Gasteiger partial charge in [-0.15, -0.1) is 0 Å². The first kappa shape index (κ1) is 46.9. The van der Waals surface area contributed by atoms with Gasteiger partial charge in [0, 0.05) is 61.9 Å². The SMILES string of the molecule is COc1nc(-c2cccc(-c3cccc(NC(=O)c4cc(C)c5c(n4)CN(CCO[Si](C)(C)C(C)(C)C)CC5)c3Cl)c2Cl)cnc1CN(CC1CCC(=O)N1)C(=O)OC(C)(C)C. The maximum atomic E-state index is 13.8. The molecular weight excluding hydrogens is 846 g/mol. The molecule has 2 aromatic heterocycles. The van der Waals surface area contributed by atoms with Crippen LogP contribution in [0.3, 0.4) is 0 Å². The van der Waals surface area contributed by atoms with E-state index in [1.54, 1.807) is 39.1 Å². The number of carbonyl (C=O) groups excluding carboxylic acids is 3. The number of rotatable bonds is 13. The Labute approximate surface area is 376 Å². The Morgan fingerprint density at radius 2 is 1.69 bits per heavy atom. The lowest BCUT2D eigenvalue weighted by Crippen LogP contribution is -2.44. The number of aromatic nitrogens is 3. The zero-order valence-corrected chi connectivity index (χ0v) is 40.0. The van der Waals surface area contributed by atoms with Crippen molar-refractivity contribution >= 4 is 55.1 Å². The standard InChI is InChI=1S/C46H59Cl2N7O6Si/c1-28-23-35(51-37-26-54(20-19-30(28)37)21-22-60-62(9,10)46(5,6)7)42(57)52-34-16-12-14-32(41(34)48)31-13-11-15-33(40(31)47)36-24-49-38(43(53-36)59-8)27-55(44(58)61-45(2,3)4)25-29-17-18-39(56)50-29/h11-16,23-24,29H,17-22,25-27H2,1-10H3,(H,50,56)(H,52,57). The predicted molar refractivity (Wildman–Crippen MR) is 246 cm³/mol. The minimum absolute atomic E-state index is 0.0334. The number of hydrogen-bond donors (Lipinski definition) is 2. The number of pyridine rings is 1. The number of carbonyl (C=O) groups is 3. The molecule has 16 heteroatoms. The molecule has 2 aliphatic rings. The van der Waals surface area contributed by atoms with E-state index < -0.39 is 20.0 Å². The minimum Gasteiger partial charge on any atom is -0.480 e. The smallest absolute Gasteiger partial charge is 0.410 e. The molecule has 62 heavy (non-hydrogen) atoms. The molecule has 0 radical (unpaired) electrons. The summed E-state index contributed by atoms with van der Waals surface area (Å²) >= 11 is 14.2. The molecule has 0 aliphatic carbocycles. The highest BCUT2D eigenvalue weighted by atomic mass is 35.5. The van der Waals surface area contributed by atoms with Crippen LogP contribution in [-0.2, 0) is 33.5 Å². The Bertz CT molecular complexity index is 2330. The fourth-order valence-electron chi connectivity index (χ4n) is 7.30. The van der Waals surface area contributed by atoms with E-state index >= 15 is 0 Å². The first-order valence-electron chi connectivity index (χ1n) is 21.1. The molecule has 13 nitrogen and oxygen atoms in total. The Morgan fingerprint density at radius 1 is 1.00 bits per heavy atom. The van der Waals surface area contributed by atoms with Crippen molar-refractivity contribution in [3.8, 4) is 28.3 Å². The van der Waals surface area contributed by atoms with Gasteiger partial charge in [0.15, 0.2) is 8.32 Å². The maximum absolute atomic E-state index is 13.8. The van der Waals surface area contributed by atoms with E-state index in [-0.39, 0.29) is 41.9 Å². The number of halogens is 2. The molecule has 2 N–H and O–H groups in total. The Hall–Kier alpha value is -4.60. The van der Waals surface area contributed by atoms with Crippen LogP contribution in [0.15, 0.2) is 48.7 Å². The van der Waals surface area contributed by atoms with Crippen LogP contribution < -0.4 is 15.4 Å². The van der Waals surface area contributed by atoms with E-state index in [0.717, 1.165) is 30.8 Å². The molecule has 1 saturated heterocycles. The average Bonchev–Trinajstić information content (AvgIpc) is 3.61. The Kier molecular flexibility index (Phi) is 14.4. The molecule has 1 fully saturated rings. The van der Waals surface area contributed by atoms with Crippen molar-refractivity contribution in [3.63, 3.8) is 0 Å². The molecule has 1 atom stereocenters. The highest BCUT2D eigenvalue weighted by Crippen LogP contribution is 2.42. The molecule has 0 bridgehead atoms. The Morgan fingerprint density at radius 3 is 2.35 bits per heavy atom. The van der Waals surface area contributed by atoms with E-state index in [1.165, 1.54) is 17.6 Å². The third kappa shape index (κ3) is 11.1. The van der Waals surface area contributed by atoms with Gasteiger partial charge in [0.1, 0.15) is 17.0 Å². The highest BCUT2D eigenvalue weighted by molar-refractivity contribution is 6.74. The van der Waals surface area contributed by atoms with Crippen molar-refractivity contribution in [1.82, 2.24) is 30.1 Å². The fraction of sp³-hybridized carbons (Fsp3) is 0.478. The molecule has 2 aliphatic heterocycles. The lowest BCUT2D eigenvalue weighted by molar-refractivity contribution is -0.119. The lowest BCUT2D eigenvalue weighted by atomic mass is 9.98. The first-order valence-corrected chi connectivity index (χ1v) is 24.7.